The number of primary amides is 1. The summed E-state index contributed by atoms with van der Waals surface area (Å²) in [5.41, 5.74) is 12.4. The van der Waals surface area contributed by atoms with E-state index in [1.165, 1.54) is 6.42 Å². The first-order valence-corrected chi connectivity index (χ1v) is 14.3. The normalized spacial score (nSPS) is 30.4. The van der Waals surface area contributed by atoms with Crippen LogP contribution in [0.4, 0.5) is 5.82 Å². The van der Waals surface area contributed by atoms with Crippen molar-refractivity contribution in [2.24, 2.45) is 17.6 Å². The number of nitrogen functional groups attached to an aromatic ring is 1. The maximum absolute atomic E-state index is 14.5. The standard InChI is InChI=1S/C24H37N5O4S/c1-16-18(10-11-21(25)27-16)15-29(12-6-9-19-14-24(19,29)23(26)31)22(30)20(28-34(2,32)33)13-17-7-4-3-5-8-17/h10-11,17,19-20,28H,3-9,12-15H2,1-2H3,(H3-,25,26,27,31)/p+1/t19-,20-,24+,29?/m1/s1. The van der Waals surface area contributed by atoms with Gasteiger partial charge >= 0.3 is 5.91 Å². The highest BCUT2D eigenvalue weighted by Gasteiger charge is 2.76. The Kier molecular flexibility index (Phi) is 6.78. The largest absolute Gasteiger partial charge is 0.384 e. The molecule has 0 spiro atoms. The number of carbonyl (C=O) groups is 2. The summed E-state index contributed by atoms with van der Waals surface area (Å²) in [4.78, 5) is 31.8. The summed E-state index contributed by atoms with van der Waals surface area (Å²) in [5, 5.41) is 0. The van der Waals surface area contributed by atoms with Gasteiger partial charge < -0.3 is 11.5 Å². The number of nitrogens with two attached hydrogens (primary N) is 2. The average Bonchev–Trinajstić information content (AvgIpc) is 3.52. The van der Waals surface area contributed by atoms with E-state index in [1.54, 1.807) is 6.07 Å². The van der Waals surface area contributed by atoms with E-state index in [1.807, 2.05) is 13.0 Å². The van der Waals surface area contributed by atoms with Crippen LogP contribution in [0.2, 0.25) is 0 Å². The molecule has 10 heteroatoms. The zero-order valence-electron chi connectivity index (χ0n) is 20.3. The zero-order chi connectivity index (χ0) is 24.7. The Labute approximate surface area is 202 Å². The van der Waals surface area contributed by atoms with Crippen LogP contribution in [-0.2, 0) is 26.2 Å². The predicted molar refractivity (Wildman–Crippen MR) is 129 cm³/mol. The van der Waals surface area contributed by atoms with Gasteiger partial charge in [0.05, 0.1) is 12.8 Å². The lowest BCUT2D eigenvalue weighted by Gasteiger charge is -2.46. The molecule has 5 N–H and O–H groups in total. The number of hydrogen-bond acceptors (Lipinski definition) is 6. The highest BCUT2D eigenvalue weighted by molar-refractivity contribution is 7.88. The number of piperidine rings is 1. The lowest BCUT2D eigenvalue weighted by Crippen LogP contribution is -2.71. The molecule has 0 aromatic carbocycles. The van der Waals surface area contributed by atoms with Crippen molar-refractivity contribution in [3.05, 3.63) is 23.4 Å². The smallest absolute Gasteiger partial charge is 0.332 e. The fourth-order valence-corrected chi connectivity index (χ4v) is 7.40. The van der Waals surface area contributed by atoms with Gasteiger partial charge in [-0.25, -0.2) is 22.7 Å². The fourth-order valence-electron chi connectivity index (χ4n) is 6.69. The minimum Gasteiger partial charge on any atom is -0.384 e. The van der Waals surface area contributed by atoms with Crippen molar-refractivity contribution in [2.75, 3.05) is 18.5 Å². The van der Waals surface area contributed by atoms with Gasteiger partial charge in [0, 0.05) is 23.6 Å². The summed E-state index contributed by atoms with van der Waals surface area (Å²) >= 11 is 0. The number of carbonyl (C=O) groups excluding carboxylic acids is 2. The molecular weight excluding hydrogens is 454 g/mol. The number of quaternary nitrogens is 1. The van der Waals surface area contributed by atoms with Crippen molar-refractivity contribution < 1.29 is 22.5 Å². The van der Waals surface area contributed by atoms with Crippen LogP contribution in [0.3, 0.4) is 0 Å². The number of rotatable bonds is 8. The number of anilines is 1. The zero-order valence-corrected chi connectivity index (χ0v) is 21.1. The molecule has 9 nitrogen and oxygen atoms in total. The molecule has 3 aliphatic rings. The van der Waals surface area contributed by atoms with Gasteiger partial charge in [-0.2, -0.15) is 4.72 Å². The molecule has 2 saturated carbocycles. The predicted octanol–water partition coefficient (Wildman–Crippen LogP) is 1.74. The molecule has 1 aromatic rings. The van der Waals surface area contributed by atoms with Crippen molar-refractivity contribution in [1.82, 2.24) is 9.71 Å². The SMILES string of the molecule is Cc1nc(N)ccc1C[N+]1(C(=O)[C@@H](CC2CCCCC2)NS(C)(=O)=O)CCC[C@@H]2C[C@@]21C(N)=O. The van der Waals surface area contributed by atoms with Crippen LogP contribution in [0.15, 0.2) is 12.1 Å². The number of likely N-dealkylation sites (tertiary alicyclic amines) is 1. The molecule has 3 fully saturated rings. The number of aromatic nitrogens is 1. The number of nitrogens with one attached hydrogen (secondary N) is 1. The summed E-state index contributed by atoms with van der Waals surface area (Å²) in [6, 6.07) is 2.66. The number of fused-ring (bicyclic) bond motifs is 1. The summed E-state index contributed by atoms with van der Waals surface area (Å²) in [6.45, 7) is 2.55. The minimum atomic E-state index is -3.64. The average molecular weight is 493 g/mol. The molecule has 188 valence electrons. The maximum Gasteiger partial charge on any atom is 0.332 e. The third-order valence-electron chi connectivity index (χ3n) is 8.38. The second-order valence-corrected chi connectivity index (χ2v) is 12.5. The molecule has 2 heterocycles. The Morgan fingerprint density at radius 3 is 2.53 bits per heavy atom. The van der Waals surface area contributed by atoms with Crippen LogP contribution in [0, 0.1) is 18.8 Å². The fraction of sp³-hybridized carbons (Fsp3) is 0.708. The summed E-state index contributed by atoms with van der Waals surface area (Å²) in [5.74, 6) is -0.00393. The second-order valence-electron chi connectivity index (χ2n) is 10.7. The van der Waals surface area contributed by atoms with E-state index >= 15 is 0 Å². The van der Waals surface area contributed by atoms with Crippen LogP contribution in [0.25, 0.3) is 0 Å². The van der Waals surface area contributed by atoms with Crippen molar-refractivity contribution in [3.63, 3.8) is 0 Å². The minimum absolute atomic E-state index is 0.0401. The van der Waals surface area contributed by atoms with E-state index in [9.17, 15) is 18.0 Å². The first kappa shape index (κ1) is 25.1. The third-order valence-corrected chi connectivity index (χ3v) is 9.10. The molecule has 2 aliphatic carbocycles. The summed E-state index contributed by atoms with van der Waals surface area (Å²) in [7, 11) is -3.64. The maximum atomic E-state index is 14.5. The van der Waals surface area contributed by atoms with Gasteiger partial charge in [0.25, 0.3) is 5.91 Å². The topological polar surface area (TPSA) is 145 Å². The van der Waals surface area contributed by atoms with Gasteiger partial charge in [-0.15, -0.1) is 0 Å². The van der Waals surface area contributed by atoms with Crippen molar-refractivity contribution in [3.8, 4) is 0 Å². The van der Waals surface area contributed by atoms with Crippen molar-refractivity contribution in [2.45, 2.75) is 82.8 Å². The molecule has 4 atom stereocenters. The Morgan fingerprint density at radius 1 is 1.21 bits per heavy atom. The molecule has 4 rings (SSSR count). The lowest BCUT2D eigenvalue weighted by atomic mass is 9.84. The van der Waals surface area contributed by atoms with Gasteiger partial charge in [0.1, 0.15) is 18.4 Å². The number of aryl methyl sites for hydroxylation is 1. The van der Waals surface area contributed by atoms with Crippen molar-refractivity contribution in [1.29, 1.82) is 0 Å². The molecule has 1 aliphatic heterocycles. The molecular formula is C24H38N5O4S+. The number of nitrogens with zero attached hydrogens (tertiary/aromatic N) is 2. The first-order chi connectivity index (χ1) is 16.0. The quantitative estimate of drug-likeness (QED) is 0.471. The molecule has 1 unspecified atom stereocenters. The molecule has 2 amide bonds. The number of pyridine rings is 1. The Hall–Kier alpha value is -2.04. The van der Waals surface area contributed by atoms with E-state index in [4.69, 9.17) is 11.5 Å². The van der Waals surface area contributed by atoms with Crippen LogP contribution >= 0.6 is 0 Å². The van der Waals surface area contributed by atoms with Gasteiger partial charge in [0.2, 0.25) is 10.0 Å². The molecule has 1 aromatic heterocycles. The van der Waals surface area contributed by atoms with Gasteiger partial charge in [-0.3, -0.25) is 4.79 Å². The molecule has 34 heavy (non-hydrogen) atoms. The number of sulfonamides is 1. The van der Waals surface area contributed by atoms with Crippen LogP contribution in [0.1, 0.15) is 69.0 Å². The molecule has 1 saturated heterocycles. The lowest BCUT2D eigenvalue weighted by molar-refractivity contribution is -0.900. The Balaban J connectivity index is 1.77. The van der Waals surface area contributed by atoms with E-state index in [2.05, 4.69) is 9.71 Å². The first-order valence-electron chi connectivity index (χ1n) is 12.4. The van der Waals surface area contributed by atoms with E-state index in [-0.39, 0.29) is 28.8 Å². The Bertz CT molecular complexity index is 1070. The second kappa shape index (κ2) is 9.20. The van der Waals surface area contributed by atoms with Gasteiger partial charge in [-0.05, 0) is 44.2 Å². The Morgan fingerprint density at radius 2 is 1.91 bits per heavy atom. The van der Waals surface area contributed by atoms with Gasteiger partial charge in [-0.1, -0.05) is 32.1 Å². The monoisotopic (exact) mass is 492 g/mol. The highest BCUT2D eigenvalue weighted by Crippen LogP contribution is 2.59. The van der Waals surface area contributed by atoms with Crippen LogP contribution < -0.4 is 16.2 Å². The van der Waals surface area contributed by atoms with E-state index < -0.39 is 27.5 Å². The highest BCUT2D eigenvalue weighted by atomic mass is 32.2. The third kappa shape index (κ3) is 4.59. The van der Waals surface area contributed by atoms with Crippen LogP contribution in [-0.4, -0.2) is 54.1 Å². The van der Waals surface area contributed by atoms with E-state index in [0.29, 0.717) is 30.9 Å². The van der Waals surface area contributed by atoms with Crippen molar-refractivity contribution >= 4 is 27.7 Å². The molecule has 0 bridgehead atoms. The van der Waals surface area contributed by atoms with Gasteiger partial charge in [0.15, 0.2) is 5.54 Å². The van der Waals surface area contributed by atoms with E-state index in [0.717, 1.165) is 50.3 Å². The summed E-state index contributed by atoms with van der Waals surface area (Å²) < 4.78 is 27.2. The molecule has 0 radical (unpaired) electrons. The summed E-state index contributed by atoms with van der Waals surface area (Å²) in [6.07, 6.45) is 9.05. The number of hydrogen-bond donors (Lipinski definition) is 3. The van der Waals surface area contributed by atoms with Crippen LogP contribution in [0.5, 0.6) is 0 Å². The number of amides is 2.